The molecule has 2 aromatic rings. The SMILES string of the molecule is Cc1cc(Br)c(C(Br)c2cc(F)cc(Br)c2)s1. The van der Waals surface area contributed by atoms with Crippen LogP contribution < -0.4 is 0 Å². The van der Waals surface area contributed by atoms with Crippen molar-refractivity contribution in [1.82, 2.24) is 0 Å². The van der Waals surface area contributed by atoms with Gasteiger partial charge in [0.1, 0.15) is 5.82 Å². The average Bonchev–Trinajstić information content (AvgIpc) is 2.55. The second-order valence-electron chi connectivity index (χ2n) is 3.63. The molecule has 0 fully saturated rings. The molecule has 0 nitrogen and oxygen atoms in total. The number of hydrogen-bond donors (Lipinski definition) is 0. The molecule has 2 rings (SSSR count). The van der Waals surface area contributed by atoms with Crippen LogP contribution in [0.5, 0.6) is 0 Å². The van der Waals surface area contributed by atoms with Gasteiger partial charge in [-0.15, -0.1) is 11.3 Å². The van der Waals surface area contributed by atoms with E-state index in [-0.39, 0.29) is 10.6 Å². The monoisotopic (exact) mass is 440 g/mol. The van der Waals surface area contributed by atoms with E-state index in [0.717, 1.165) is 19.4 Å². The highest BCUT2D eigenvalue weighted by Gasteiger charge is 2.17. The maximum atomic E-state index is 13.4. The lowest BCUT2D eigenvalue weighted by atomic mass is 10.1. The van der Waals surface area contributed by atoms with E-state index in [1.54, 1.807) is 17.4 Å². The Hall–Kier alpha value is 0.290. The summed E-state index contributed by atoms with van der Waals surface area (Å²) in [7, 11) is 0. The highest BCUT2D eigenvalue weighted by molar-refractivity contribution is 9.11. The van der Waals surface area contributed by atoms with E-state index in [1.807, 2.05) is 6.07 Å². The number of benzene rings is 1. The predicted molar refractivity (Wildman–Crippen MR) is 81.6 cm³/mol. The zero-order valence-electron chi connectivity index (χ0n) is 8.81. The van der Waals surface area contributed by atoms with Crippen molar-refractivity contribution in [3.05, 3.63) is 54.3 Å². The zero-order chi connectivity index (χ0) is 12.6. The fourth-order valence-corrected chi connectivity index (χ4v) is 5.01. The molecule has 0 N–H and O–H groups in total. The quantitative estimate of drug-likeness (QED) is 0.485. The summed E-state index contributed by atoms with van der Waals surface area (Å²) in [5.41, 5.74) is 0.902. The van der Waals surface area contributed by atoms with Crippen LogP contribution in [0, 0.1) is 12.7 Å². The van der Waals surface area contributed by atoms with E-state index < -0.39 is 0 Å². The van der Waals surface area contributed by atoms with Crippen LogP contribution in [0.3, 0.4) is 0 Å². The minimum absolute atomic E-state index is 0.00238. The van der Waals surface area contributed by atoms with Gasteiger partial charge in [0.2, 0.25) is 0 Å². The third kappa shape index (κ3) is 3.19. The fourth-order valence-electron chi connectivity index (χ4n) is 1.55. The lowest BCUT2D eigenvalue weighted by Gasteiger charge is -2.10. The van der Waals surface area contributed by atoms with Crippen molar-refractivity contribution in [1.29, 1.82) is 0 Å². The van der Waals surface area contributed by atoms with Gasteiger partial charge in [0.05, 0.1) is 4.83 Å². The van der Waals surface area contributed by atoms with E-state index in [9.17, 15) is 4.39 Å². The number of hydrogen-bond acceptors (Lipinski definition) is 1. The van der Waals surface area contributed by atoms with E-state index >= 15 is 0 Å². The van der Waals surface area contributed by atoms with E-state index in [4.69, 9.17) is 0 Å². The van der Waals surface area contributed by atoms with Crippen molar-refractivity contribution in [3.63, 3.8) is 0 Å². The normalized spacial score (nSPS) is 12.8. The maximum absolute atomic E-state index is 13.4. The first-order valence-corrected chi connectivity index (χ1v) is 8.15. The molecule has 1 heterocycles. The molecule has 5 heteroatoms. The molecule has 0 amide bonds. The Morgan fingerprint density at radius 1 is 1.18 bits per heavy atom. The first-order chi connectivity index (χ1) is 7.97. The summed E-state index contributed by atoms with van der Waals surface area (Å²) < 4.78 is 15.2. The van der Waals surface area contributed by atoms with Crippen LogP contribution in [0.1, 0.15) is 20.1 Å². The van der Waals surface area contributed by atoms with Gasteiger partial charge in [-0.25, -0.2) is 4.39 Å². The maximum Gasteiger partial charge on any atom is 0.124 e. The molecule has 0 saturated heterocycles. The molecule has 0 saturated carbocycles. The number of alkyl halides is 1. The van der Waals surface area contributed by atoms with Crippen molar-refractivity contribution in [2.75, 3.05) is 0 Å². The molecule has 1 unspecified atom stereocenters. The van der Waals surface area contributed by atoms with Crippen LogP contribution >= 0.6 is 59.1 Å². The van der Waals surface area contributed by atoms with Crippen LogP contribution in [0.15, 0.2) is 33.2 Å². The lowest BCUT2D eigenvalue weighted by Crippen LogP contribution is -1.92. The summed E-state index contributed by atoms with van der Waals surface area (Å²) >= 11 is 12.2. The Labute approximate surface area is 129 Å². The number of thiophene rings is 1. The second kappa shape index (κ2) is 5.51. The van der Waals surface area contributed by atoms with Gasteiger partial charge in [0.15, 0.2) is 0 Å². The molecule has 0 radical (unpaired) electrons. The molecule has 0 aliphatic carbocycles. The van der Waals surface area contributed by atoms with Crippen molar-refractivity contribution in [3.8, 4) is 0 Å². The Morgan fingerprint density at radius 3 is 2.41 bits per heavy atom. The Bertz CT molecular complexity index is 530. The van der Waals surface area contributed by atoms with Gasteiger partial charge in [0.25, 0.3) is 0 Å². The van der Waals surface area contributed by atoms with E-state index in [1.165, 1.54) is 10.9 Å². The van der Waals surface area contributed by atoms with Crippen LogP contribution in [-0.2, 0) is 0 Å². The molecule has 17 heavy (non-hydrogen) atoms. The number of rotatable bonds is 2. The molecule has 1 atom stereocenters. The van der Waals surface area contributed by atoms with Crippen LogP contribution in [0.4, 0.5) is 4.39 Å². The summed E-state index contributed by atoms with van der Waals surface area (Å²) in [5, 5.41) is 0. The summed E-state index contributed by atoms with van der Waals surface area (Å²) in [6.07, 6.45) is 0. The summed E-state index contributed by atoms with van der Waals surface area (Å²) in [4.78, 5) is 2.38. The van der Waals surface area contributed by atoms with Crippen LogP contribution in [0.2, 0.25) is 0 Å². The van der Waals surface area contributed by atoms with Gasteiger partial charge in [-0.1, -0.05) is 31.9 Å². The summed E-state index contributed by atoms with van der Waals surface area (Å²) in [5.74, 6) is -0.233. The Kier molecular flexibility index (Phi) is 4.45. The third-order valence-corrected chi connectivity index (χ3v) is 6.03. The minimum Gasteiger partial charge on any atom is -0.207 e. The average molecular weight is 443 g/mol. The highest BCUT2D eigenvalue weighted by atomic mass is 79.9. The molecule has 1 aromatic carbocycles. The smallest absolute Gasteiger partial charge is 0.124 e. The Morgan fingerprint density at radius 2 is 1.88 bits per heavy atom. The molecule has 90 valence electrons. The largest absolute Gasteiger partial charge is 0.207 e. The standard InChI is InChI=1S/C12H8Br3FS/c1-6-2-10(14)12(17-6)11(15)7-3-8(13)5-9(16)4-7/h2-5,11H,1H3. The molecule has 0 aliphatic rings. The minimum atomic E-state index is -0.233. The fraction of sp³-hybridized carbons (Fsp3) is 0.167. The van der Waals surface area contributed by atoms with Crippen molar-refractivity contribution in [2.45, 2.75) is 11.8 Å². The lowest BCUT2D eigenvalue weighted by molar-refractivity contribution is 0.625. The summed E-state index contributed by atoms with van der Waals surface area (Å²) in [6, 6.07) is 7.00. The topological polar surface area (TPSA) is 0 Å². The molecule has 0 spiro atoms. The molecule has 0 aliphatic heterocycles. The van der Waals surface area contributed by atoms with Gasteiger partial charge in [-0.3, -0.25) is 0 Å². The van der Waals surface area contributed by atoms with Crippen LogP contribution in [-0.4, -0.2) is 0 Å². The number of halogens is 4. The van der Waals surface area contributed by atoms with Crippen molar-refractivity contribution in [2.24, 2.45) is 0 Å². The van der Waals surface area contributed by atoms with Crippen LogP contribution in [0.25, 0.3) is 0 Å². The van der Waals surface area contributed by atoms with Gasteiger partial charge in [0, 0.05) is 18.7 Å². The van der Waals surface area contributed by atoms with E-state index in [2.05, 4.69) is 60.8 Å². The molecule has 0 bridgehead atoms. The Balaban J connectivity index is 2.43. The molecule has 1 aromatic heterocycles. The zero-order valence-corrected chi connectivity index (χ0v) is 14.4. The first kappa shape index (κ1) is 13.7. The highest BCUT2D eigenvalue weighted by Crippen LogP contribution is 2.41. The van der Waals surface area contributed by atoms with Crippen molar-refractivity contribution < 1.29 is 4.39 Å². The predicted octanol–water partition coefficient (Wildman–Crippen LogP) is 6.20. The van der Waals surface area contributed by atoms with E-state index in [0.29, 0.717) is 0 Å². The van der Waals surface area contributed by atoms with Gasteiger partial charge >= 0.3 is 0 Å². The first-order valence-electron chi connectivity index (χ1n) is 4.83. The molecular formula is C12H8Br3FS. The third-order valence-electron chi connectivity index (χ3n) is 2.24. The number of aryl methyl sites for hydroxylation is 1. The van der Waals surface area contributed by atoms with Gasteiger partial charge in [-0.05, 0) is 52.7 Å². The molecular weight excluding hydrogens is 435 g/mol. The van der Waals surface area contributed by atoms with Crippen molar-refractivity contribution >= 4 is 59.1 Å². The van der Waals surface area contributed by atoms with Gasteiger partial charge < -0.3 is 0 Å². The second-order valence-corrected chi connectivity index (χ2v) is 7.61. The summed E-state index contributed by atoms with van der Waals surface area (Å²) in [6.45, 7) is 2.06. The van der Waals surface area contributed by atoms with Gasteiger partial charge in [-0.2, -0.15) is 0 Å².